The molecule has 1 aliphatic heterocycles. The fourth-order valence-electron chi connectivity index (χ4n) is 3.58. The van der Waals surface area contributed by atoms with Crippen molar-refractivity contribution in [2.45, 2.75) is 52.0 Å². The highest BCUT2D eigenvalue weighted by Crippen LogP contribution is 2.23. The molecule has 0 bridgehead atoms. The summed E-state index contributed by atoms with van der Waals surface area (Å²) in [5.41, 5.74) is 2.45. The molecule has 152 valence electrons. The monoisotopic (exact) mass is 380 g/mol. The highest BCUT2D eigenvalue weighted by atomic mass is 16.2. The van der Waals surface area contributed by atoms with Crippen molar-refractivity contribution in [3.8, 4) is 0 Å². The lowest BCUT2D eigenvalue weighted by atomic mass is 10.0. The first-order valence-electron chi connectivity index (χ1n) is 10.7. The molecule has 1 fully saturated rings. The minimum atomic E-state index is 0.127. The summed E-state index contributed by atoms with van der Waals surface area (Å²) >= 11 is 0. The van der Waals surface area contributed by atoms with Crippen LogP contribution in [0, 0.1) is 0 Å². The summed E-state index contributed by atoms with van der Waals surface area (Å²) in [7, 11) is 1.96. The number of rotatable bonds is 7. The van der Waals surface area contributed by atoms with Gasteiger partial charge in [0.05, 0.1) is 6.04 Å². The minimum absolute atomic E-state index is 0.127. The molecule has 0 radical (unpaired) electrons. The lowest BCUT2D eigenvalue weighted by Crippen LogP contribution is -2.38. The van der Waals surface area contributed by atoms with Gasteiger partial charge >= 0.3 is 0 Å². The van der Waals surface area contributed by atoms with E-state index in [0.29, 0.717) is 6.42 Å². The molecule has 0 N–H and O–H groups in total. The Balaban J connectivity index is 0.000000878. The first kappa shape index (κ1) is 22.2. The van der Waals surface area contributed by atoms with Crippen LogP contribution in [0.4, 0.5) is 0 Å². The normalized spacial score (nSPS) is 14.8. The van der Waals surface area contributed by atoms with Crippen molar-refractivity contribution in [3.63, 3.8) is 0 Å². The van der Waals surface area contributed by atoms with Crippen LogP contribution in [-0.4, -0.2) is 42.4 Å². The van der Waals surface area contributed by atoms with Gasteiger partial charge in [-0.1, -0.05) is 80.9 Å². The highest BCUT2D eigenvalue weighted by Gasteiger charge is 2.25. The summed E-state index contributed by atoms with van der Waals surface area (Å²) in [6, 6.07) is 20.8. The summed E-state index contributed by atoms with van der Waals surface area (Å²) in [4.78, 5) is 17.3. The van der Waals surface area contributed by atoms with Gasteiger partial charge in [0.25, 0.3) is 0 Å². The molecule has 3 heteroatoms. The van der Waals surface area contributed by atoms with Crippen molar-refractivity contribution in [3.05, 3.63) is 71.8 Å². The van der Waals surface area contributed by atoms with Gasteiger partial charge in [-0.25, -0.2) is 0 Å². The molecule has 0 aromatic heterocycles. The van der Waals surface area contributed by atoms with E-state index in [-0.39, 0.29) is 11.9 Å². The third kappa shape index (κ3) is 7.12. The van der Waals surface area contributed by atoms with E-state index in [1.165, 1.54) is 30.4 Å². The molecule has 2 aromatic rings. The second kappa shape index (κ2) is 12.4. The highest BCUT2D eigenvalue weighted by molar-refractivity contribution is 5.76. The second-order valence-corrected chi connectivity index (χ2v) is 7.63. The number of nitrogens with zero attached hydrogens (tertiary/aromatic N) is 2. The van der Waals surface area contributed by atoms with Gasteiger partial charge in [0, 0.05) is 20.0 Å². The van der Waals surface area contributed by atoms with Crippen molar-refractivity contribution in [2.24, 2.45) is 0 Å². The molecule has 1 heterocycles. The Labute approximate surface area is 171 Å². The zero-order valence-corrected chi connectivity index (χ0v) is 17.8. The van der Waals surface area contributed by atoms with Gasteiger partial charge in [-0.15, -0.1) is 0 Å². The molecule has 0 aliphatic carbocycles. The number of aryl methyl sites for hydroxylation is 1. The molecule has 1 saturated heterocycles. The molecule has 1 amide bonds. The summed E-state index contributed by atoms with van der Waals surface area (Å²) in [5.74, 6) is 0.219. The molecule has 1 atom stereocenters. The van der Waals surface area contributed by atoms with Gasteiger partial charge in [-0.2, -0.15) is 0 Å². The standard InChI is InChI=1S/C22H28N2O.C3H8/c1-23(22(25)15-14-19-10-4-2-5-11-19)21(18-24-16-8-9-17-24)20-12-6-3-7-13-20;1-3-2/h2-7,10-13,21H,8-9,14-18H2,1H3;3H2,1-2H3. The van der Waals surface area contributed by atoms with Crippen molar-refractivity contribution in [2.75, 3.05) is 26.7 Å². The number of carbonyl (C=O) groups is 1. The van der Waals surface area contributed by atoms with Crippen molar-refractivity contribution < 1.29 is 4.79 Å². The van der Waals surface area contributed by atoms with Crippen LogP contribution in [0.1, 0.15) is 56.7 Å². The van der Waals surface area contributed by atoms with Crippen LogP contribution in [-0.2, 0) is 11.2 Å². The van der Waals surface area contributed by atoms with E-state index in [2.05, 4.69) is 55.1 Å². The third-order valence-electron chi connectivity index (χ3n) is 5.15. The number of carbonyl (C=O) groups excluding carboxylic acids is 1. The van der Waals surface area contributed by atoms with E-state index in [1.807, 2.05) is 36.2 Å². The summed E-state index contributed by atoms with van der Waals surface area (Å²) in [6.45, 7) is 7.47. The van der Waals surface area contributed by atoms with E-state index in [1.54, 1.807) is 0 Å². The largest absolute Gasteiger partial charge is 0.337 e. The molecule has 2 aromatic carbocycles. The zero-order chi connectivity index (χ0) is 20.2. The number of benzene rings is 2. The summed E-state index contributed by atoms with van der Waals surface area (Å²) in [6.07, 6.45) is 5.15. The SMILES string of the molecule is CCC.CN(C(=O)CCc1ccccc1)C(CN1CCCC1)c1ccccc1. The predicted octanol–water partition coefficient (Wildman–Crippen LogP) is 5.33. The third-order valence-corrected chi connectivity index (χ3v) is 5.15. The molecule has 3 rings (SSSR count). The van der Waals surface area contributed by atoms with Gasteiger partial charge < -0.3 is 9.80 Å². The first-order valence-corrected chi connectivity index (χ1v) is 10.7. The Kier molecular flexibility index (Phi) is 9.78. The van der Waals surface area contributed by atoms with E-state index in [4.69, 9.17) is 0 Å². The van der Waals surface area contributed by atoms with Crippen molar-refractivity contribution in [1.29, 1.82) is 0 Å². The van der Waals surface area contributed by atoms with Crippen molar-refractivity contribution in [1.82, 2.24) is 9.80 Å². The fraction of sp³-hybridized carbons (Fsp3) is 0.480. The van der Waals surface area contributed by atoms with Crippen molar-refractivity contribution >= 4 is 5.91 Å². The average molecular weight is 381 g/mol. The van der Waals surface area contributed by atoms with Crippen LogP contribution in [0.25, 0.3) is 0 Å². The number of amides is 1. The van der Waals surface area contributed by atoms with E-state index >= 15 is 0 Å². The molecular formula is C25H36N2O. The maximum atomic E-state index is 12.8. The lowest BCUT2D eigenvalue weighted by molar-refractivity contribution is -0.132. The van der Waals surface area contributed by atoms with E-state index in [9.17, 15) is 4.79 Å². The lowest BCUT2D eigenvalue weighted by Gasteiger charge is -2.32. The summed E-state index contributed by atoms with van der Waals surface area (Å²) in [5, 5.41) is 0. The van der Waals surface area contributed by atoms with Gasteiger partial charge in [0.2, 0.25) is 5.91 Å². The van der Waals surface area contributed by atoms with Crippen LogP contribution in [0.15, 0.2) is 60.7 Å². The smallest absolute Gasteiger partial charge is 0.223 e. The summed E-state index contributed by atoms with van der Waals surface area (Å²) < 4.78 is 0. The Hall–Kier alpha value is -2.13. The quantitative estimate of drug-likeness (QED) is 0.648. The predicted molar refractivity (Wildman–Crippen MR) is 118 cm³/mol. The molecule has 0 spiro atoms. The first-order chi connectivity index (χ1) is 13.7. The second-order valence-electron chi connectivity index (χ2n) is 7.63. The molecule has 28 heavy (non-hydrogen) atoms. The van der Waals surface area contributed by atoms with Gasteiger partial charge in [-0.3, -0.25) is 4.79 Å². The average Bonchev–Trinajstić information content (AvgIpc) is 3.25. The number of likely N-dealkylation sites (tertiary alicyclic amines) is 1. The number of hydrogen-bond donors (Lipinski definition) is 0. The Morgan fingerprint density at radius 1 is 0.964 bits per heavy atom. The maximum Gasteiger partial charge on any atom is 0.223 e. The molecule has 1 aliphatic rings. The molecule has 3 nitrogen and oxygen atoms in total. The van der Waals surface area contributed by atoms with Gasteiger partial charge in [-0.05, 0) is 43.5 Å². The zero-order valence-electron chi connectivity index (χ0n) is 17.8. The van der Waals surface area contributed by atoms with Crippen LogP contribution < -0.4 is 0 Å². The minimum Gasteiger partial charge on any atom is -0.337 e. The van der Waals surface area contributed by atoms with Crippen LogP contribution in [0.2, 0.25) is 0 Å². The molecule has 0 saturated carbocycles. The van der Waals surface area contributed by atoms with Crippen LogP contribution >= 0.6 is 0 Å². The van der Waals surface area contributed by atoms with E-state index in [0.717, 1.165) is 26.1 Å². The Bertz CT molecular complexity index is 665. The van der Waals surface area contributed by atoms with Gasteiger partial charge in [0.1, 0.15) is 0 Å². The topological polar surface area (TPSA) is 23.6 Å². The molecular weight excluding hydrogens is 344 g/mol. The Morgan fingerprint density at radius 2 is 1.50 bits per heavy atom. The Morgan fingerprint density at radius 3 is 2.07 bits per heavy atom. The van der Waals surface area contributed by atoms with Crippen LogP contribution in [0.5, 0.6) is 0 Å². The number of hydrogen-bond acceptors (Lipinski definition) is 2. The van der Waals surface area contributed by atoms with Crippen LogP contribution in [0.3, 0.4) is 0 Å². The number of likely N-dealkylation sites (N-methyl/N-ethyl adjacent to an activating group) is 1. The fourth-order valence-corrected chi connectivity index (χ4v) is 3.58. The maximum absolute atomic E-state index is 12.8. The van der Waals surface area contributed by atoms with Gasteiger partial charge in [0.15, 0.2) is 0 Å². The van der Waals surface area contributed by atoms with E-state index < -0.39 is 0 Å². The molecule has 1 unspecified atom stereocenters.